The molecular weight excluding hydrogens is 268 g/mol. The molecule has 0 atom stereocenters. The maximum Gasteiger partial charge on any atom is 0.287 e. The van der Waals surface area contributed by atoms with E-state index in [0.717, 1.165) is 12.8 Å². The third-order valence-electron chi connectivity index (χ3n) is 2.67. The summed E-state index contributed by atoms with van der Waals surface area (Å²) in [7, 11) is 0. The highest BCUT2D eigenvalue weighted by molar-refractivity contribution is 6.33. The second kappa shape index (κ2) is 7.09. The Hall–Kier alpha value is -1.62. The Balaban J connectivity index is 2.98. The van der Waals surface area contributed by atoms with Crippen molar-refractivity contribution in [3.63, 3.8) is 0 Å². The van der Waals surface area contributed by atoms with Crippen molar-refractivity contribution in [3.8, 4) is 0 Å². The van der Waals surface area contributed by atoms with Gasteiger partial charge in [0.1, 0.15) is 5.02 Å². The van der Waals surface area contributed by atoms with Crippen LogP contribution in [0, 0.1) is 10.1 Å². The molecule has 0 aromatic heterocycles. The first kappa shape index (κ1) is 15.4. The van der Waals surface area contributed by atoms with Crippen LogP contribution in [0.25, 0.3) is 0 Å². The number of carbonyl (C=O) groups excluding carboxylic acids is 1. The van der Waals surface area contributed by atoms with E-state index >= 15 is 0 Å². The summed E-state index contributed by atoms with van der Waals surface area (Å²) in [4.78, 5) is 24.1. The number of nitro benzene ring substituents is 1. The number of benzene rings is 1. The maximum atomic E-state index is 12.3. The van der Waals surface area contributed by atoms with Crippen molar-refractivity contribution >= 4 is 23.2 Å². The Morgan fingerprint density at radius 3 is 2.32 bits per heavy atom. The van der Waals surface area contributed by atoms with Gasteiger partial charge < -0.3 is 4.90 Å². The molecule has 0 spiro atoms. The number of amides is 1. The van der Waals surface area contributed by atoms with Crippen molar-refractivity contribution in [2.24, 2.45) is 0 Å². The number of hydrogen-bond donors (Lipinski definition) is 0. The van der Waals surface area contributed by atoms with Gasteiger partial charge in [0.05, 0.1) is 4.92 Å². The summed E-state index contributed by atoms with van der Waals surface area (Å²) in [6, 6.07) is 4.08. The fraction of sp³-hybridized carbons (Fsp3) is 0.462. The van der Waals surface area contributed by atoms with Gasteiger partial charge in [0.15, 0.2) is 0 Å². The van der Waals surface area contributed by atoms with Gasteiger partial charge in [-0.1, -0.05) is 25.4 Å². The van der Waals surface area contributed by atoms with Crippen LogP contribution in [-0.2, 0) is 0 Å². The van der Waals surface area contributed by atoms with Crippen molar-refractivity contribution in [1.29, 1.82) is 0 Å². The standard InChI is InChI=1S/C13H17ClN2O3/c1-3-7-15(8-4-2)13(17)10-5-6-12(16(18)19)11(14)9-10/h5-6,9H,3-4,7-8H2,1-2H3. The van der Waals surface area contributed by atoms with Gasteiger partial charge in [0.2, 0.25) is 0 Å². The molecule has 0 saturated carbocycles. The average molecular weight is 285 g/mol. The highest BCUT2D eigenvalue weighted by Crippen LogP contribution is 2.25. The minimum absolute atomic E-state index is 0.0104. The SMILES string of the molecule is CCCN(CCC)C(=O)c1ccc([N+](=O)[O-])c(Cl)c1. The van der Waals surface area contributed by atoms with Gasteiger partial charge in [-0.2, -0.15) is 0 Å². The molecule has 19 heavy (non-hydrogen) atoms. The zero-order valence-corrected chi connectivity index (χ0v) is 11.8. The molecule has 0 aliphatic carbocycles. The molecule has 0 aliphatic rings. The topological polar surface area (TPSA) is 63.5 Å². The van der Waals surface area contributed by atoms with Crippen molar-refractivity contribution < 1.29 is 9.72 Å². The molecule has 1 aromatic rings. The number of nitrogens with zero attached hydrogens (tertiary/aromatic N) is 2. The molecule has 1 aromatic carbocycles. The van der Waals surface area contributed by atoms with Crippen molar-refractivity contribution in [3.05, 3.63) is 38.9 Å². The number of rotatable bonds is 6. The van der Waals surface area contributed by atoms with Gasteiger partial charge in [-0.15, -0.1) is 0 Å². The number of carbonyl (C=O) groups is 1. The van der Waals surface area contributed by atoms with E-state index in [-0.39, 0.29) is 16.6 Å². The Labute approximate surface area is 117 Å². The lowest BCUT2D eigenvalue weighted by Crippen LogP contribution is -2.32. The normalized spacial score (nSPS) is 10.3. The Bertz CT molecular complexity index is 471. The summed E-state index contributed by atoms with van der Waals surface area (Å²) in [5.41, 5.74) is 0.202. The fourth-order valence-corrected chi connectivity index (χ4v) is 2.07. The predicted molar refractivity (Wildman–Crippen MR) is 74.6 cm³/mol. The lowest BCUT2D eigenvalue weighted by Gasteiger charge is -2.21. The van der Waals surface area contributed by atoms with Gasteiger partial charge >= 0.3 is 0 Å². The molecule has 0 radical (unpaired) electrons. The van der Waals surface area contributed by atoms with Gasteiger partial charge in [-0.3, -0.25) is 14.9 Å². The van der Waals surface area contributed by atoms with Crippen LogP contribution in [0.2, 0.25) is 5.02 Å². The molecule has 1 rings (SSSR count). The van der Waals surface area contributed by atoms with Crippen molar-refractivity contribution in [2.45, 2.75) is 26.7 Å². The van der Waals surface area contributed by atoms with Gasteiger partial charge in [0.25, 0.3) is 11.6 Å². The van der Waals surface area contributed by atoms with Crippen LogP contribution in [-0.4, -0.2) is 28.8 Å². The Morgan fingerprint density at radius 1 is 1.32 bits per heavy atom. The maximum absolute atomic E-state index is 12.3. The van der Waals surface area contributed by atoms with Crippen LogP contribution in [0.15, 0.2) is 18.2 Å². The zero-order chi connectivity index (χ0) is 14.4. The van der Waals surface area contributed by atoms with Crippen molar-refractivity contribution in [1.82, 2.24) is 4.90 Å². The second-order valence-corrected chi connectivity index (χ2v) is 4.62. The number of halogens is 1. The van der Waals surface area contributed by atoms with E-state index in [4.69, 9.17) is 11.6 Å². The molecule has 104 valence electrons. The molecule has 0 aliphatic heterocycles. The molecule has 0 unspecified atom stereocenters. The first-order valence-electron chi connectivity index (χ1n) is 6.24. The van der Waals surface area contributed by atoms with E-state index in [9.17, 15) is 14.9 Å². The van der Waals surface area contributed by atoms with E-state index in [1.54, 1.807) is 4.90 Å². The summed E-state index contributed by atoms with van der Waals surface area (Å²) in [5, 5.41) is 10.7. The van der Waals surface area contributed by atoms with Crippen LogP contribution in [0.5, 0.6) is 0 Å². The fourth-order valence-electron chi connectivity index (χ4n) is 1.83. The molecule has 6 heteroatoms. The van der Waals surface area contributed by atoms with Crippen LogP contribution in [0.1, 0.15) is 37.0 Å². The van der Waals surface area contributed by atoms with Crippen LogP contribution in [0.3, 0.4) is 0 Å². The van der Waals surface area contributed by atoms with Gasteiger partial charge in [0, 0.05) is 24.7 Å². The first-order valence-corrected chi connectivity index (χ1v) is 6.62. The molecule has 5 nitrogen and oxygen atoms in total. The second-order valence-electron chi connectivity index (χ2n) is 4.22. The zero-order valence-electron chi connectivity index (χ0n) is 11.1. The van der Waals surface area contributed by atoms with E-state index in [0.29, 0.717) is 18.7 Å². The Kier molecular flexibility index (Phi) is 5.76. The number of nitro groups is 1. The first-order chi connectivity index (χ1) is 9.01. The summed E-state index contributed by atoms with van der Waals surface area (Å²) in [6.45, 7) is 5.33. The Morgan fingerprint density at radius 2 is 1.89 bits per heavy atom. The summed E-state index contributed by atoms with van der Waals surface area (Å²) < 4.78 is 0. The molecule has 0 saturated heterocycles. The lowest BCUT2D eigenvalue weighted by atomic mass is 10.1. The monoisotopic (exact) mass is 284 g/mol. The van der Waals surface area contributed by atoms with E-state index in [2.05, 4.69) is 0 Å². The van der Waals surface area contributed by atoms with Crippen molar-refractivity contribution in [2.75, 3.05) is 13.1 Å². The molecular formula is C13H17ClN2O3. The highest BCUT2D eigenvalue weighted by atomic mass is 35.5. The van der Waals surface area contributed by atoms with Gasteiger partial charge in [-0.25, -0.2) is 0 Å². The third-order valence-corrected chi connectivity index (χ3v) is 2.97. The van der Waals surface area contributed by atoms with Gasteiger partial charge in [-0.05, 0) is 25.0 Å². The van der Waals surface area contributed by atoms with E-state index in [1.165, 1.54) is 18.2 Å². The van der Waals surface area contributed by atoms with Crippen LogP contribution in [0.4, 0.5) is 5.69 Å². The van der Waals surface area contributed by atoms with Crippen LogP contribution >= 0.6 is 11.6 Å². The summed E-state index contributed by atoms with van der Waals surface area (Å²) >= 11 is 5.81. The lowest BCUT2D eigenvalue weighted by molar-refractivity contribution is -0.384. The number of hydrogen-bond acceptors (Lipinski definition) is 3. The quantitative estimate of drug-likeness (QED) is 0.593. The van der Waals surface area contributed by atoms with E-state index < -0.39 is 4.92 Å². The minimum atomic E-state index is -0.563. The van der Waals surface area contributed by atoms with Crippen LogP contribution < -0.4 is 0 Å². The molecule has 0 N–H and O–H groups in total. The molecule has 0 heterocycles. The predicted octanol–water partition coefficient (Wildman–Crippen LogP) is 3.51. The van der Waals surface area contributed by atoms with E-state index in [1.807, 2.05) is 13.8 Å². The summed E-state index contributed by atoms with van der Waals surface area (Å²) in [6.07, 6.45) is 1.74. The smallest absolute Gasteiger partial charge is 0.287 e. The summed E-state index contributed by atoms with van der Waals surface area (Å²) in [5.74, 6) is -0.138. The molecule has 0 bridgehead atoms. The minimum Gasteiger partial charge on any atom is -0.339 e. The molecule has 1 amide bonds. The molecule has 0 fully saturated rings. The highest BCUT2D eigenvalue weighted by Gasteiger charge is 2.18. The average Bonchev–Trinajstić information content (AvgIpc) is 2.37. The third kappa shape index (κ3) is 3.92. The largest absolute Gasteiger partial charge is 0.339 e.